The SMILES string of the molecule is CC(=O)N(CCC(=O)Nc1ccc(OC(C)c2ccccc2)cc1C)Cc1ccccc1. The first-order valence-corrected chi connectivity index (χ1v) is 10.8. The van der Waals surface area contributed by atoms with Gasteiger partial charge in [0, 0.05) is 32.1 Å². The number of amides is 2. The molecule has 0 saturated heterocycles. The van der Waals surface area contributed by atoms with Gasteiger partial charge in [-0.2, -0.15) is 0 Å². The lowest BCUT2D eigenvalue weighted by atomic mass is 10.1. The van der Waals surface area contributed by atoms with Crippen LogP contribution in [0.25, 0.3) is 0 Å². The first-order valence-electron chi connectivity index (χ1n) is 10.8. The summed E-state index contributed by atoms with van der Waals surface area (Å²) in [5.74, 6) is 0.577. The molecule has 5 heteroatoms. The lowest BCUT2D eigenvalue weighted by molar-refractivity contribution is -0.129. The fourth-order valence-electron chi connectivity index (χ4n) is 3.45. The zero-order chi connectivity index (χ0) is 22.9. The molecular weight excluding hydrogens is 400 g/mol. The highest BCUT2D eigenvalue weighted by molar-refractivity contribution is 5.92. The maximum Gasteiger partial charge on any atom is 0.226 e. The van der Waals surface area contributed by atoms with Crippen LogP contribution in [0.1, 0.15) is 43.1 Å². The van der Waals surface area contributed by atoms with Gasteiger partial charge >= 0.3 is 0 Å². The number of hydrogen-bond acceptors (Lipinski definition) is 3. The van der Waals surface area contributed by atoms with Crippen LogP contribution in [0.5, 0.6) is 5.75 Å². The molecule has 5 nitrogen and oxygen atoms in total. The van der Waals surface area contributed by atoms with Gasteiger partial charge in [-0.15, -0.1) is 0 Å². The van der Waals surface area contributed by atoms with E-state index in [1.165, 1.54) is 6.92 Å². The first kappa shape index (κ1) is 23.1. The van der Waals surface area contributed by atoms with Crippen molar-refractivity contribution in [2.24, 2.45) is 0 Å². The Bertz CT molecular complexity index is 1040. The molecular formula is C27H30N2O3. The Morgan fingerprint density at radius 2 is 1.62 bits per heavy atom. The molecule has 0 bridgehead atoms. The van der Waals surface area contributed by atoms with Crippen molar-refractivity contribution < 1.29 is 14.3 Å². The number of carbonyl (C=O) groups is 2. The van der Waals surface area contributed by atoms with Crippen LogP contribution in [0.3, 0.4) is 0 Å². The quantitative estimate of drug-likeness (QED) is 0.487. The van der Waals surface area contributed by atoms with Crippen LogP contribution >= 0.6 is 0 Å². The molecule has 1 unspecified atom stereocenters. The smallest absolute Gasteiger partial charge is 0.226 e. The van der Waals surface area contributed by atoms with E-state index in [2.05, 4.69) is 5.32 Å². The van der Waals surface area contributed by atoms with Crippen LogP contribution in [-0.2, 0) is 16.1 Å². The standard InChI is InChI=1S/C27H30N2O3/c1-20-18-25(32-21(2)24-12-8-5-9-13-24)14-15-26(20)28-27(31)16-17-29(22(3)30)19-23-10-6-4-7-11-23/h4-15,18,21H,16-17,19H2,1-3H3,(H,28,31). The second kappa shape index (κ2) is 11.1. The third-order valence-electron chi connectivity index (χ3n) is 5.32. The lowest BCUT2D eigenvalue weighted by Gasteiger charge is -2.21. The maximum atomic E-state index is 12.5. The monoisotopic (exact) mass is 430 g/mol. The molecule has 2 amide bonds. The first-order chi connectivity index (χ1) is 15.4. The number of hydrogen-bond donors (Lipinski definition) is 1. The molecule has 0 heterocycles. The largest absolute Gasteiger partial charge is 0.486 e. The molecule has 3 rings (SSSR count). The predicted molar refractivity (Wildman–Crippen MR) is 127 cm³/mol. The van der Waals surface area contributed by atoms with Crippen molar-refractivity contribution in [2.45, 2.75) is 39.8 Å². The fourth-order valence-corrected chi connectivity index (χ4v) is 3.45. The van der Waals surface area contributed by atoms with E-state index in [9.17, 15) is 9.59 Å². The van der Waals surface area contributed by atoms with E-state index in [0.29, 0.717) is 13.1 Å². The summed E-state index contributed by atoms with van der Waals surface area (Å²) in [6, 6.07) is 25.4. The minimum atomic E-state index is -0.126. The minimum Gasteiger partial charge on any atom is -0.486 e. The molecule has 0 fully saturated rings. The number of carbonyl (C=O) groups excluding carboxylic acids is 2. The molecule has 0 saturated carbocycles. The highest BCUT2D eigenvalue weighted by Crippen LogP contribution is 2.26. The summed E-state index contributed by atoms with van der Waals surface area (Å²) < 4.78 is 6.05. The van der Waals surface area contributed by atoms with Crippen LogP contribution in [-0.4, -0.2) is 23.3 Å². The molecule has 0 aliphatic rings. The van der Waals surface area contributed by atoms with Gasteiger partial charge in [-0.3, -0.25) is 9.59 Å². The number of nitrogens with zero attached hydrogens (tertiary/aromatic N) is 1. The molecule has 1 atom stereocenters. The lowest BCUT2D eigenvalue weighted by Crippen LogP contribution is -2.31. The topological polar surface area (TPSA) is 58.6 Å². The highest BCUT2D eigenvalue weighted by Gasteiger charge is 2.13. The van der Waals surface area contributed by atoms with Crippen molar-refractivity contribution in [1.82, 2.24) is 4.90 Å². The Morgan fingerprint density at radius 3 is 2.25 bits per heavy atom. The van der Waals surface area contributed by atoms with E-state index in [1.807, 2.05) is 92.7 Å². The Kier molecular flexibility index (Phi) is 8.03. The molecule has 32 heavy (non-hydrogen) atoms. The van der Waals surface area contributed by atoms with Gasteiger partial charge in [0.25, 0.3) is 0 Å². The second-order valence-electron chi connectivity index (χ2n) is 7.87. The summed E-state index contributed by atoms with van der Waals surface area (Å²) in [5, 5.41) is 2.95. The van der Waals surface area contributed by atoms with Gasteiger partial charge in [0.1, 0.15) is 11.9 Å². The predicted octanol–water partition coefficient (Wildman–Crippen LogP) is 5.51. The number of nitrogens with one attached hydrogen (secondary N) is 1. The Morgan fingerprint density at radius 1 is 0.969 bits per heavy atom. The van der Waals surface area contributed by atoms with E-state index in [4.69, 9.17) is 4.74 Å². The van der Waals surface area contributed by atoms with Gasteiger partial charge in [-0.1, -0.05) is 60.7 Å². The van der Waals surface area contributed by atoms with E-state index >= 15 is 0 Å². The van der Waals surface area contributed by atoms with Gasteiger partial charge in [0.2, 0.25) is 11.8 Å². The summed E-state index contributed by atoms with van der Waals surface area (Å²) in [4.78, 5) is 26.2. The molecule has 0 aliphatic heterocycles. The second-order valence-corrected chi connectivity index (χ2v) is 7.87. The Balaban J connectivity index is 1.54. The van der Waals surface area contributed by atoms with Crippen LogP contribution in [0.15, 0.2) is 78.9 Å². The average Bonchev–Trinajstić information content (AvgIpc) is 2.79. The molecule has 1 N–H and O–H groups in total. The van der Waals surface area contributed by atoms with E-state index < -0.39 is 0 Å². The summed E-state index contributed by atoms with van der Waals surface area (Å²) >= 11 is 0. The van der Waals surface area contributed by atoms with Crippen molar-refractivity contribution >= 4 is 17.5 Å². The molecule has 0 radical (unpaired) electrons. The van der Waals surface area contributed by atoms with Crippen molar-refractivity contribution in [3.05, 3.63) is 95.6 Å². The van der Waals surface area contributed by atoms with Crippen LogP contribution in [0, 0.1) is 6.92 Å². The summed E-state index contributed by atoms with van der Waals surface area (Å²) in [6.07, 6.45) is 0.160. The van der Waals surface area contributed by atoms with Gasteiger partial charge in [-0.25, -0.2) is 0 Å². The molecule has 0 aliphatic carbocycles. The van der Waals surface area contributed by atoms with Gasteiger partial charge in [-0.05, 0) is 48.7 Å². The van der Waals surface area contributed by atoms with Crippen molar-refractivity contribution in [3.8, 4) is 5.75 Å². The van der Waals surface area contributed by atoms with Crippen LogP contribution in [0.4, 0.5) is 5.69 Å². The summed E-state index contributed by atoms with van der Waals surface area (Å²) in [5.41, 5.74) is 3.81. The molecule has 0 aromatic heterocycles. The molecule has 0 spiro atoms. The number of anilines is 1. The van der Waals surface area contributed by atoms with Gasteiger partial charge < -0.3 is 15.0 Å². The molecule has 3 aromatic carbocycles. The summed E-state index contributed by atoms with van der Waals surface area (Å²) in [7, 11) is 0. The van der Waals surface area contributed by atoms with Crippen molar-refractivity contribution in [2.75, 3.05) is 11.9 Å². The van der Waals surface area contributed by atoms with Crippen molar-refractivity contribution in [3.63, 3.8) is 0 Å². The van der Waals surface area contributed by atoms with Crippen molar-refractivity contribution in [1.29, 1.82) is 0 Å². The van der Waals surface area contributed by atoms with E-state index in [1.54, 1.807) is 4.90 Å². The number of benzene rings is 3. The summed E-state index contributed by atoms with van der Waals surface area (Å²) in [6.45, 7) is 6.34. The zero-order valence-corrected chi connectivity index (χ0v) is 18.9. The Labute approximate surface area is 190 Å². The highest BCUT2D eigenvalue weighted by atomic mass is 16.5. The number of ether oxygens (including phenoxy) is 1. The minimum absolute atomic E-state index is 0.0492. The number of rotatable bonds is 9. The molecule has 166 valence electrons. The van der Waals surface area contributed by atoms with Crippen LogP contribution < -0.4 is 10.1 Å². The molecule has 3 aromatic rings. The van der Waals surface area contributed by atoms with E-state index in [-0.39, 0.29) is 24.3 Å². The fraction of sp³-hybridized carbons (Fsp3) is 0.259. The maximum absolute atomic E-state index is 12.5. The van der Waals surface area contributed by atoms with Crippen LogP contribution in [0.2, 0.25) is 0 Å². The average molecular weight is 431 g/mol. The Hall–Kier alpha value is -3.60. The third kappa shape index (κ3) is 6.71. The third-order valence-corrected chi connectivity index (χ3v) is 5.32. The number of aryl methyl sites for hydroxylation is 1. The van der Waals surface area contributed by atoms with Gasteiger partial charge in [0.05, 0.1) is 0 Å². The normalized spacial score (nSPS) is 11.5. The van der Waals surface area contributed by atoms with Gasteiger partial charge in [0.15, 0.2) is 0 Å². The van der Waals surface area contributed by atoms with E-state index in [0.717, 1.165) is 28.1 Å². The zero-order valence-electron chi connectivity index (χ0n) is 18.9.